The Kier molecular flexibility index (Phi) is 5.49. The quantitative estimate of drug-likeness (QED) is 0.348. The van der Waals surface area contributed by atoms with Crippen LogP contribution in [0.15, 0.2) is 59.1 Å². The van der Waals surface area contributed by atoms with Crippen molar-refractivity contribution in [1.82, 2.24) is 14.6 Å². The SMILES string of the molecule is Cc1c(Cl)cccc1NC(=O)c1nn2c(C(F)(F)F)cc(-c3ccccc3)nc2c1Br. The Labute approximate surface area is 188 Å². The minimum absolute atomic E-state index is 0.0490. The van der Waals surface area contributed by atoms with Crippen molar-refractivity contribution in [3.8, 4) is 11.3 Å². The van der Waals surface area contributed by atoms with Gasteiger partial charge in [-0.1, -0.05) is 48.0 Å². The lowest BCUT2D eigenvalue weighted by atomic mass is 10.1. The zero-order valence-corrected chi connectivity index (χ0v) is 18.2. The van der Waals surface area contributed by atoms with Crippen molar-refractivity contribution in [2.75, 3.05) is 5.32 Å². The van der Waals surface area contributed by atoms with E-state index in [2.05, 4.69) is 31.3 Å². The van der Waals surface area contributed by atoms with E-state index in [9.17, 15) is 18.0 Å². The van der Waals surface area contributed by atoms with E-state index in [1.54, 1.807) is 55.5 Å². The van der Waals surface area contributed by atoms with Crippen LogP contribution in [-0.2, 0) is 6.18 Å². The number of nitrogens with zero attached hydrogens (tertiary/aromatic N) is 3. The summed E-state index contributed by atoms with van der Waals surface area (Å²) in [6.45, 7) is 1.71. The van der Waals surface area contributed by atoms with Gasteiger partial charge in [0.1, 0.15) is 0 Å². The number of carbonyl (C=O) groups is 1. The van der Waals surface area contributed by atoms with E-state index in [0.29, 0.717) is 26.4 Å². The molecule has 4 aromatic rings. The fourth-order valence-corrected chi connectivity index (χ4v) is 3.71. The number of rotatable bonds is 3. The number of nitrogens with one attached hydrogen (secondary N) is 1. The lowest BCUT2D eigenvalue weighted by molar-refractivity contribution is -0.142. The van der Waals surface area contributed by atoms with Crippen LogP contribution in [-0.4, -0.2) is 20.5 Å². The average molecular weight is 510 g/mol. The molecule has 0 saturated carbocycles. The summed E-state index contributed by atoms with van der Waals surface area (Å²) < 4.78 is 42.0. The minimum atomic E-state index is -4.71. The Bertz CT molecular complexity index is 1310. The van der Waals surface area contributed by atoms with Crippen LogP contribution in [0, 0.1) is 6.92 Å². The first-order chi connectivity index (χ1) is 14.7. The zero-order valence-electron chi connectivity index (χ0n) is 15.8. The molecule has 2 aromatic carbocycles. The molecular weight excluding hydrogens is 497 g/mol. The van der Waals surface area contributed by atoms with Crippen molar-refractivity contribution in [2.45, 2.75) is 13.1 Å². The largest absolute Gasteiger partial charge is 0.433 e. The molecule has 1 N–H and O–H groups in total. The van der Waals surface area contributed by atoms with Gasteiger partial charge in [0.15, 0.2) is 17.0 Å². The van der Waals surface area contributed by atoms with Gasteiger partial charge < -0.3 is 5.32 Å². The highest BCUT2D eigenvalue weighted by molar-refractivity contribution is 9.10. The maximum atomic E-state index is 13.8. The van der Waals surface area contributed by atoms with Gasteiger partial charge in [0.25, 0.3) is 5.91 Å². The van der Waals surface area contributed by atoms with E-state index in [0.717, 1.165) is 6.07 Å². The van der Waals surface area contributed by atoms with Crippen LogP contribution in [0.1, 0.15) is 21.7 Å². The van der Waals surface area contributed by atoms with Crippen LogP contribution in [0.3, 0.4) is 0 Å². The summed E-state index contributed by atoms with van der Waals surface area (Å²) in [7, 11) is 0. The smallest absolute Gasteiger partial charge is 0.320 e. The summed E-state index contributed by atoms with van der Waals surface area (Å²) in [5, 5.41) is 6.98. The van der Waals surface area contributed by atoms with Gasteiger partial charge >= 0.3 is 6.18 Å². The summed E-state index contributed by atoms with van der Waals surface area (Å²) >= 11 is 9.28. The third-order valence-electron chi connectivity index (χ3n) is 4.62. The molecule has 2 heterocycles. The molecule has 0 unspecified atom stereocenters. The van der Waals surface area contributed by atoms with Gasteiger partial charge in [0, 0.05) is 16.3 Å². The first kappa shape index (κ1) is 21.3. The van der Waals surface area contributed by atoms with Crippen LogP contribution in [0.4, 0.5) is 18.9 Å². The Morgan fingerprint density at radius 2 is 1.84 bits per heavy atom. The Hall–Kier alpha value is -2.91. The zero-order chi connectivity index (χ0) is 22.3. The average Bonchev–Trinajstić information content (AvgIpc) is 3.07. The molecule has 0 spiro atoms. The fraction of sp³-hybridized carbons (Fsp3) is 0.0952. The highest BCUT2D eigenvalue weighted by Gasteiger charge is 2.36. The number of alkyl halides is 3. The molecule has 158 valence electrons. The Morgan fingerprint density at radius 1 is 1.13 bits per heavy atom. The molecule has 31 heavy (non-hydrogen) atoms. The predicted octanol–water partition coefficient (Wildman–Crippen LogP) is 6.39. The first-order valence-corrected chi connectivity index (χ1v) is 10.1. The lowest BCUT2D eigenvalue weighted by Gasteiger charge is -2.11. The summed E-state index contributed by atoms with van der Waals surface area (Å²) in [6, 6.07) is 14.3. The normalized spacial score (nSPS) is 11.7. The third kappa shape index (κ3) is 4.03. The number of carbonyl (C=O) groups excluding carboxylic acids is 1. The van der Waals surface area contributed by atoms with E-state index >= 15 is 0 Å². The molecule has 0 bridgehead atoms. The van der Waals surface area contributed by atoms with Crippen molar-refractivity contribution < 1.29 is 18.0 Å². The van der Waals surface area contributed by atoms with Crippen molar-refractivity contribution in [3.05, 3.63) is 81.0 Å². The highest BCUT2D eigenvalue weighted by atomic mass is 79.9. The minimum Gasteiger partial charge on any atom is -0.320 e. The van der Waals surface area contributed by atoms with Gasteiger partial charge in [-0.2, -0.15) is 18.3 Å². The van der Waals surface area contributed by atoms with Crippen molar-refractivity contribution >= 4 is 44.8 Å². The van der Waals surface area contributed by atoms with Gasteiger partial charge in [0.2, 0.25) is 0 Å². The number of fused-ring (bicyclic) bond motifs is 1. The standard InChI is InChI=1S/C21H13BrClF3N4O/c1-11-13(23)8-5-9-14(11)28-20(31)18-17(22)19-27-15(12-6-3-2-4-7-12)10-16(21(24,25)26)30(19)29-18/h2-10H,1H3,(H,28,31). The molecule has 0 aliphatic heterocycles. The molecule has 10 heteroatoms. The Balaban J connectivity index is 1.85. The second-order valence-electron chi connectivity index (χ2n) is 6.65. The molecule has 5 nitrogen and oxygen atoms in total. The van der Waals surface area contributed by atoms with Crippen LogP contribution < -0.4 is 5.32 Å². The second kappa shape index (κ2) is 7.97. The monoisotopic (exact) mass is 508 g/mol. The summed E-state index contributed by atoms with van der Waals surface area (Å²) in [4.78, 5) is 17.1. The molecular formula is C21H13BrClF3N4O. The Morgan fingerprint density at radius 3 is 2.52 bits per heavy atom. The third-order valence-corrected chi connectivity index (χ3v) is 5.76. The number of halogens is 5. The van der Waals surface area contributed by atoms with Crippen LogP contribution >= 0.6 is 27.5 Å². The van der Waals surface area contributed by atoms with Gasteiger partial charge in [-0.3, -0.25) is 4.79 Å². The highest BCUT2D eigenvalue weighted by Crippen LogP contribution is 2.35. The van der Waals surface area contributed by atoms with Crippen molar-refractivity contribution in [2.24, 2.45) is 0 Å². The molecule has 0 saturated heterocycles. The maximum absolute atomic E-state index is 13.8. The maximum Gasteiger partial charge on any atom is 0.433 e. The summed E-state index contributed by atoms with van der Waals surface area (Å²) in [6.07, 6.45) is -4.71. The molecule has 0 aliphatic rings. The van der Waals surface area contributed by atoms with Crippen molar-refractivity contribution in [1.29, 1.82) is 0 Å². The summed E-state index contributed by atoms with van der Waals surface area (Å²) in [5.74, 6) is -0.697. The van der Waals surface area contributed by atoms with Crippen LogP contribution in [0.2, 0.25) is 5.02 Å². The first-order valence-electron chi connectivity index (χ1n) is 8.95. The molecule has 0 aliphatic carbocycles. The summed E-state index contributed by atoms with van der Waals surface area (Å²) in [5.41, 5.74) is 0.260. The van der Waals surface area contributed by atoms with Crippen molar-refractivity contribution in [3.63, 3.8) is 0 Å². The van der Waals surface area contributed by atoms with E-state index in [1.807, 2.05) is 0 Å². The predicted molar refractivity (Wildman–Crippen MR) is 115 cm³/mol. The van der Waals surface area contributed by atoms with E-state index < -0.39 is 17.8 Å². The topological polar surface area (TPSA) is 59.3 Å². The number of benzene rings is 2. The number of aromatic nitrogens is 3. The molecule has 4 rings (SSSR count). The lowest BCUT2D eigenvalue weighted by Crippen LogP contribution is -2.16. The number of hydrogen-bond donors (Lipinski definition) is 1. The molecule has 1 amide bonds. The second-order valence-corrected chi connectivity index (χ2v) is 7.86. The number of anilines is 1. The van der Waals surface area contributed by atoms with Gasteiger partial charge in [-0.15, -0.1) is 0 Å². The molecule has 0 atom stereocenters. The number of hydrogen-bond acceptors (Lipinski definition) is 3. The van der Waals surface area contributed by atoms with Crippen LogP contribution in [0.5, 0.6) is 0 Å². The molecule has 0 fully saturated rings. The fourth-order valence-electron chi connectivity index (χ4n) is 3.02. The van der Waals surface area contributed by atoms with Gasteiger partial charge in [0.05, 0.1) is 10.2 Å². The number of amides is 1. The van der Waals surface area contributed by atoms with Gasteiger partial charge in [-0.25, -0.2) is 9.50 Å². The van der Waals surface area contributed by atoms with E-state index in [4.69, 9.17) is 11.6 Å². The molecule has 0 radical (unpaired) electrons. The molecule has 2 aromatic heterocycles. The van der Waals surface area contributed by atoms with E-state index in [-0.39, 0.29) is 21.5 Å². The van der Waals surface area contributed by atoms with Crippen LogP contribution in [0.25, 0.3) is 16.9 Å². The van der Waals surface area contributed by atoms with E-state index in [1.165, 1.54) is 0 Å². The van der Waals surface area contributed by atoms with Gasteiger partial charge in [-0.05, 0) is 46.6 Å².